The van der Waals surface area contributed by atoms with Gasteiger partial charge in [-0.2, -0.15) is 0 Å². The number of pyridine rings is 1. The molecule has 29 heavy (non-hydrogen) atoms. The average molecular weight is 400 g/mol. The van der Waals surface area contributed by atoms with Crippen molar-refractivity contribution >= 4 is 23.8 Å². The summed E-state index contributed by atoms with van der Waals surface area (Å²) in [4.78, 5) is 40.8. The predicted molar refractivity (Wildman–Crippen MR) is 108 cm³/mol. The monoisotopic (exact) mass is 400 g/mol. The Hall–Kier alpha value is -3.42. The Kier molecular flexibility index (Phi) is 8.14. The molecule has 0 N–H and O–H groups in total. The minimum absolute atomic E-state index is 0.0969. The molecular formula is C21H24N2O6. The molecule has 0 atom stereocenters. The third kappa shape index (κ3) is 6.03. The van der Waals surface area contributed by atoms with Gasteiger partial charge in [0.2, 0.25) is 0 Å². The number of rotatable bonds is 9. The Bertz CT molecular complexity index is 900. The summed E-state index contributed by atoms with van der Waals surface area (Å²) in [7, 11) is 1.58. The van der Waals surface area contributed by atoms with E-state index in [9.17, 15) is 14.4 Å². The summed E-state index contributed by atoms with van der Waals surface area (Å²) >= 11 is 0. The van der Waals surface area contributed by atoms with E-state index < -0.39 is 17.9 Å². The first-order valence-corrected chi connectivity index (χ1v) is 9.20. The molecule has 0 saturated carbocycles. The molecule has 0 saturated heterocycles. The SMILES string of the molecule is CCOC(=O)C(/C=N/c1cccn(Cc2ccc(OC)cc2)c1=O)C(=O)OCC. The zero-order valence-corrected chi connectivity index (χ0v) is 16.7. The number of carbonyl (C=O) groups is 2. The number of hydrogen-bond donors (Lipinski definition) is 0. The van der Waals surface area contributed by atoms with Crippen LogP contribution in [-0.4, -0.2) is 43.0 Å². The molecular weight excluding hydrogens is 376 g/mol. The van der Waals surface area contributed by atoms with Crippen LogP contribution in [0.5, 0.6) is 5.75 Å². The number of hydrogen-bond acceptors (Lipinski definition) is 7. The zero-order chi connectivity index (χ0) is 21.2. The largest absolute Gasteiger partial charge is 0.497 e. The molecule has 154 valence electrons. The van der Waals surface area contributed by atoms with Crippen LogP contribution >= 0.6 is 0 Å². The number of benzene rings is 1. The molecule has 0 aliphatic heterocycles. The highest BCUT2D eigenvalue weighted by Crippen LogP contribution is 2.13. The fourth-order valence-electron chi connectivity index (χ4n) is 2.51. The van der Waals surface area contributed by atoms with Crippen molar-refractivity contribution in [3.8, 4) is 5.75 Å². The number of methoxy groups -OCH3 is 1. The van der Waals surface area contributed by atoms with Crippen LogP contribution in [0.2, 0.25) is 0 Å². The van der Waals surface area contributed by atoms with Gasteiger partial charge in [-0.25, -0.2) is 0 Å². The van der Waals surface area contributed by atoms with Gasteiger partial charge in [0.1, 0.15) is 11.4 Å². The normalized spacial score (nSPS) is 10.9. The average Bonchev–Trinajstić information content (AvgIpc) is 2.71. The first-order valence-electron chi connectivity index (χ1n) is 9.20. The van der Waals surface area contributed by atoms with E-state index in [2.05, 4.69) is 4.99 Å². The van der Waals surface area contributed by atoms with Gasteiger partial charge in [0.15, 0.2) is 5.92 Å². The molecule has 1 heterocycles. The van der Waals surface area contributed by atoms with Gasteiger partial charge in [-0.1, -0.05) is 12.1 Å². The van der Waals surface area contributed by atoms with Crippen molar-refractivity contribution in [1.29, 1.82) is 0 Å². The van der Waals surface area contributed by atoms with Crippen molar-refractivity contribution in [2.45, 2.75) is 20.4 Å². The maximum Gasteiger partial charge on any atom is 0.325 e. The maximum absolute atomic E-state index is 12.7. The van der Waals surface area contributed by atoms with Crippen LogP contribution in [0.15, 0.2) is 52.4 Å². The highest BCUT2D eigenvalue weighted by atomic mass is 16.6. The summed E-state index contributed by atoms with van der Waals surface area (Å²) in [5.74, 6) is -2.15. The molecule has 2 rings (SSSR count). The number of nitrogens with zero attached hydrogens (tertiary/aromatic N) is 2. The minimum atomic E-state index is -1.33. The number of ether oxygens (including phenoxy) is 3. The summed E-state index contributed by atoms with van der Waals surface area (Å²) in [6.07, 6.45) is 2.73. The lowest BCUT2D eigenvalue weighted by Gasteiger charge is -2.10. The molecule has 8 heteroatoms. The Morgan fingerprint density at radius 1 is 1.07 bits per heavy atom. The second-order valence-corrected chi connectivity index (χ2v) is 5.93. The van der Waals surface area contributed by atoms with E-state index in [1.54, 1.807) is 33.2 Å². The second kappa shape index (κ2) is 10.8. The summed E-state index contributed by atoms with van der Waals surface area (Å²) in [5, 5.41) is 0. The van der Waals surface area contributed by atoms with Crippen LogP contribution < -0.4 is 10.3 Å². The van der Waals surface area contributed by atoms with Crippen molar-refractivity contribution in [2.24, 2.45) is 10.9 Å². The van der Waals surface area contributed by atoms with Crippen molar-refractivity contribution < 1.29 is 23.8 Å². The fraction of sp³-hybridized carbons (Fsp3) is 0.333. The van der Waals surface area contributed by atoms with Crippen LogP contribution in [0.4, 0.5) is 5.69 Å². The third-order valence-electron chi connectivity index (χ3n) is 3.96. The quantitative estimate of drug-likeness (QED) is 0.364. The van der Waals surface area contributed by atoms with Crippen molar-refractivity contribution in [3.63, 3.8) is 0 Å². The van der Waals surface area contributed by atoms with Gasteiger partial charge in [-0.15, -0.1) is 0 Å². The number of aromatic nitrogens is 1. The number of carbonyl (C=O) groups excluding carboxylic acids is 2. The van der Waals surface area contributed by atoms with E-state index in [4.69, 9.17) is 14.2 Å². The summed E-state index contributed by atoms with van der Waals surface area (Å²) in [6.45, 7) is 3.83. The molecule has 0 spiro atoms. The topological polar surface area (TPSA) is 96.2 Å². The molecule has 0 amide bonds. The van der Waals surface area contributed by atoms with Crippen LogP contribution in [0, 0.1) is 5.92 Å². The Balaban J connectivity index is 2.24. The Labute approximate surface area is 168 Å². The van der Waals surface area contributed by atoms with Crippen LogP contribution in [-0.2, 0) is 25.6 Å². The van der Waals surface area contributed by atoms with E-state index in [0.717, 1.165) is 17.5 Å². The van der Waals surface area contributed by atoms with Crippen LogP contribution in [0.1, 0.15) is 19.4 Å². The van der Waals surface area contributed by atoms with Crippen LogP contribution in [0.3, 0.4) is 0 Å². The van der Waals surface area contributed by atoms with Gasteiger partial charge in [-0.05, 0) is 43.7 Å². The third-order valence-corrected chi connectivity index (χ3v) is 3.96. The lowest BCUT2D eigenvalue weighted by molar-refractivity contribution is -0.157. The van der Waals surface area contributed by atoms with Gasteiger partial charge < -0.3 is 18.8 Å². The van der Waals surface area contributed by atoms with Crippen molar-refractivity contribution in [2.75, 3.05) is 20.3 Å². The Morgan fingerprint density at radius 2 is 1.69 bits per heavy atom. The maximum atomic E-state index is 12.7. The molecule has 0 aliphatic carbocycles. The van der Waals surface area contributed by atoms with Crippen LogP contribution in [0.25, 0.3) is 0 Å². The van der Waals surface area contributed by atoms with E-state index in [0.29, 0.717) is 6.54 Å². The van der Waals surface area contributed by atoms with Gasteiger partial charge in [-0.3, -0.25) is 19.4 Å². The molecule has 1 aromatic heterocycles. The second-order valence-electron chi connectivity index (χ2n) is 5.93. The van der Waals surface area contributed by atoms with E-state index in [1.165, 1.54) is 10.6 Å². The van der Waals surface area contributed by atoms with E-state index in [1.807, 2.05) is 24.3 Å². The summed E-state index contributed by atoms with van der Waals surface area (Å²) in [5.41, 5.74) is 0.649. The van der Waals surface area contributed by atoms with Gasteiger partial charge in [0.05, 0.1) is 26.9 Å². The standard InChI is InChI=1S/C21H24N2O6/c1-4-28-20(25)17(21(26)29-5-2)13-22-18-7-6-12-23(19(18)24)14-15-8-10-16(27-3)11-9-15/h6-13,17H,4-5,14H2,1-3H3/b22-13+. The van der Waals surface area contributed by atoms with Crippen molar-refractivity contribution in [1.82, 2.24) is 4.57 Å². The zero-order valence-electron chi connectivity index (χ0n) is 16.7. The van der Waals surface area contributed by atoms with Crippen molar-refractivity contribution in [3.05, 3.63) is 58.5 Å². The fourth-order valence-corrected chi connectivity index (χ4v) is 2.51. The first kappa shape index (κ1) is 21.9. The molecule has 0 fully saturated rings. The van der Waals surface area contributed by atoms with Gasteiger partial charge in [0, 0.05) is 12.4 Å². The van der Waals surface area contributed by atoms with Gasteiger partial charge in [0.25, 0.3) is 5.56 Å². The molecule has 8 nitrogen and oxygen atoms in total. The molecule has 1 aromatic carbocycles. The van der Waals surface area contributed by atoms with E-state index in [-0.39, 0.29) is 24.5 Å². The highest BCUT2D eigenvalue weighted by Gasteiger charge is 2.27. The van der Waals surface area contributed by atoms with Gasteiger partial charge >= 0.3 is 11.9 Å². The molecule has 0 bridgehead atoms. The Morgan fingerprint density at radius 3 is 2.24 bits per heavy atom. The summed E-state index contributed by atoms with van der Waals surface area (Å²) in [6, 6.07) is 10.5. The smallest absolute Gasteiger partial charge is 0.325 e. The van der Waals surface area contributed by atoms with E-state index >= 15 is 0 Å². The lowest BCUT2D eigenvalue weighted by atomic mass is 10.1. The number of esters is 2. The summed E-state index contributed by atoms with van der Waals surface area (Å²) < 4.78 is 16.4. The first-order chi connectivity index (χ1) is 14.0. The molecule has 0 aliphatic rings. The molecule has 0 radical (unpaired) electrons. The molecule has 2 aromatic rings. The molecule has 0 unspecified atom stereocenters. The number of aliphatic imine (C=N–C) groups is 1. The highest BCUT2D eigenvalue weighted by molar-refractivity contribution is 6.09. The lowest BCUT2D eigenvalue weighted by Crippen LogP contribution is -2.29. The minimum Gasteiger partial charge on any atom is -0.497 e. The predicted octanol–water partition coefficient (Wildman–Crippen LogP) is 2.35.